The Bertz CT molecular complexity index is 652. The summed E-state index contributed by atoms with van der Waals surface area (Å²) in [6.07, 6.45) is 16.4. The van der Waals surface area contributed by atoms with E-state index < -0.39 is 0 Å². The molecule has 0 aliphatic rings. The second-order valence-electron chi connectivity index (χ2n) is 7.77. The standard InChI is InChI=1S/C26H38N2O/c1-2-3-4-5-6-7-8-9-10-11-12-16-23-29-26-21-19-25(20-22-26)28-27-24-17-14-13-15-18-24/h13-15,17-22H,2-12,16,23H2,1H3/b28-27+. The summed E-state index contributed by atoms with van der Waals surface area (Å²) in [5.74, 6) is 0.909. The van der Waals surface area contributed by atoms with Gasteiger partial charge in [0.25, 0.3) is 0 Å². The molecule has 2 aromatic rings. The van der Waals surface area contributed by atoms with Crippen LogP contribution >= 0.6 is 0 Å². The minimum absolute atomic E-state index is 0.794. The smallest absolute Gasteiger partial charge is 0.119 e. The van der Waals surface area contributed by atoms with Crippen LogP contribution in [0.3, 0.4) is 0 Å². The van der Waals surface area contributed by atoms with Crippen LogP contribution in [0.1, 0.15) is 84.0 Å². The monoisotopic (exact) mass is 394 g/mol. The molecule has 0 fully saturated rings. The molecule has 0 spiro atoms. The van der Waals surface area contributed by atoms with Crippen molar-refractivity contribution in [3.63, 3.8) is 0 Å². The molecule has 29 heavy (non-hydrogen) atoms. The number of ether oxygens (including phenoxy) is 1. The second-order valence-corrected chi connectivity index (χ2v) is 7.77. The lowest BCUT2D eigenvalue weighted by Gasteiger charge is -2.06. The number of rotatable bonds is 16. The molecule has 0 saturated heterocycles. The van der Waals surface area contributed by atoms with Crippen LogP contribution in [0.5, 0.6) is 5.75 Å². The predicted octanol–water partition coefficient (Wildman–Crippen LogP) is 9.18. The van der Waals surface area contributed by atoms with E-state index in [2.05, 4.69) is 17.2 Å². The SMILES string of the molecule is CCCCCCCCCCCCCCOc1ccc(/N=N/c2ccccc2)cc1. The molecule has 0 N–H and O–H groups in total. The maximum Gasteiger partial charge on any atom is 0.119 e. The van der Waals surface area contributed by atoms with Gasteiger partial charge in [-0.05, 0) is 42.8 Å². The first-order valence-corrected chi connectivity index (χ1v) is 11.6. The zero-order valence-corrected chi connectivity index (χ0v) is 18.2. The molecule has 0 saturated carbocycles. The Labute approximate surface area is 177 Å². The fraction of sp³-hybridized carbons (Fsp3) is 0.538. The van der Waals surface area contributed by atoms with Crippen LogP contribution in [-0.4, -0.2) is 6.61 Å². The van der Waals surface area contributed by atoms with Crippen LogP contribution in [0, 0.1) is 0 Å². The molecule has 2 rings (SSSR count). The van der Waals surface area contributed by atoms with E-state index in [1.54, 1.807) is 0 Å². The largest absolute Gasteiger partial charge is 0.494 e. The van der Waals surface area contributed by atoms with E-state index >= 15 is 0 Å². The Balaban J connectivity index is 1.46. The molecule has 0 radical (unpaired) electrons. The normalized spacial score (nSPS) is 11.2. The molecule has 0 amide bonds. The van der Waals surface area contributed by atoms with Gasteiger partial charge in [-0.15, -0.1) is 0 Å². The van der Waals surface area contributed by atoms with Gasteiger partial charge in [-0.3, -0.25) is 0 Å². The molecule has 2 aromatic carbocycles. The molecule has 158 valence electrons. The van der Waals surface area contributed by atoms with Crippen molar-refractivity contribution in [3.8, 4) is 5.75 Å². The van der Waals surface area contributed by atoms with Gasteiger partial charge >= 0.3 is 0 Å². The quantitative estimate of drug-likeness (QED) is 0.206. The van der Waals surface area contributed by atoms with Gasteiger partial charge in [-0.25, -0.2) is 0 Å². The first-order valence-electron chi connectivity index (χ1n) is 11.6. The first-order chi connectivity index (χ1) is 14.4. The lowest BCUT2D eigenvalue weighted by molar-refractivity contribution is 0.304. The number of hydrogen-bond acceptors (Lipinski definition) is 3. The molecule has 0 unspecified atom stereocenters. The van der Waals surface area contributed by atoms with Crippen LogP contribution in [0.15, 0.2) is 64.8 Å². The van der Waals surface area contributed by atoms with Gasteiger partial charge < -0.3 is 4.74 Å². The molecule has 0 aliphatic carbocycles. The molecule has 0 bridgehead atoms. The third kappa shape index (κ3) is 11.4. The van der Waals surface area contributed by atoms with Crippen molar-refractivity contribution in [2.24, 2.45) is 10.2 Å². The van der Waals surface area contributed by atoms with E-state index in [9.17, 15) is 0 Å². The summed E-state index contributed by atoms with van der Waals surface area (Å²) in [7, 11) is 0. The molecule has 3 heteroatoms. The van der Waals surface area contributed by atoms with Crippen molar-refractivity contribution in [1.29, 1.82) is 0 Å². The Hall–Kier alpha value is -2.16. The van der Waals surface area contributed by atoms with Gasteiger partial charge in [0.05, 0.1) is 18.0 Å². The van der Waals surface area contributed by atoms with Crippen molar-refractivity contribution in [2.45, 2.75) is 84.0 Å². The lowest BCUT2D eigenvalue weighted by Crippen LogP contribution is -1.96. The molecule has 0 heterocycles. The number of unbranched alkanes of at least 4 members (excludes halogenated alkanes) is 11. The van der Waals surface area contributed by atoms with E-state index in [4.69, 9.17) is 4.74 Å². The molecule has 0 aromatic heterocycles. The number of hydrogen-bond donors (Lipinski definition) is 0. The van der Waals surface area contributed by atoms with E-state index in [0.29, 0.717) is 0 Å². The number of nitrogens with zero attached hydrogens (tertiary/aromatic N) is 2. The third-order valence-corrected chi connectivity index (χ3v) is 5.14. The van der Waals surface area contributed by atoms with Gasteiger partial charge in [0.1, 0.15) is 5.75 Å². The average Bonchev–Trinajstić information content (AvgIpc) is 2.77. The van der Waals surface area contributed by atoms with E-state index in [1.807, 2.05) is 54.6 Å². The fourth-order valence-electron chi connectivity index (χ4n) is 3.35. The van der Waals surface area contributed by atoms with Crippen molar-refractivity contribution < 1.29 is 4.74 Å². The topological polar surface area (TPSA) is 34.0 Å². The third-order valence-electron chi connectivity index (χ3n) is 5.14. The maximum atomic E-state index is 5.84. The van der Waals surface area contributed by atoms with Crippen LogP contribution in [0.4, 0.5) is 11.4 Å². The Morgan fingerprint density at radius 1 is 0.552 bits per heavy atom. The summed E-state index contributed by atoms with van der Waals surface area (Å²) in [6.45, 7) is 3.07. The number of benzene rings is 2. The van der Waals surface area contributed by atoms with Crippen LogP contribution in [0.25, 0.3) is 0 Å². The summed E-state index contributed by atoms with van der Waals surface area (Å²) in [5, 5.41) is 8.49. The summed E-state index contributed by atoms with van der Waals surface area (Å²) in [5.41, 5.74) is 1.70. The first kappa shape index (κ1) is 23.1. The highest BCUT2D eigenvalue weighted by atomic mass is 16.5. The number of azo groups is 1. The fourth-order valence-corrected chi connectivity index (χ4v) is 3.35. The highest BCUT2D eigenvalue weighted by Crippen LogP contribution is 2.21. The van der Waals surface area contributed by atoms with E-state index in [1.165, 1.54) is 70.6 Å². The highest BCUT2D eigenvalue weighted by Gasteiger charge is 1.97. The lowest BCUT2D eigenvalue weighted by atomic mass is 10.1. The van der Waals surface area contributed by atoms with Crippen LogP contribution in [-0.2, 0) is 0 Å². The highest BCUT2D eigenvalue weighted by molar-refractivity contribution is 5.42. The van der Waals surface area contributed by atoms with Gasteiger partial charge in [-0.1, -0.05) is 95.8 Å². The summed E-state index contributed by atoms with van der Waals surface area (Å²) in [6, 6.07) is 17.6. The van der Waals surface area contributed by atoms with Crippen molar-refractivity contribution >= 4 is 11.4 Å². The van der Waals surface area contributed by atoms with Crippen LogP contribution < -0.4 is 4.74 Å². The minimum Gasteiger partial charge on any atom is -0.494 e. The van der Waals surface area contributed by atoms with Crippen molar-refractivity contribution in [1.82, 2.24) is 0 Å². The van der Waals surface area contributed by atoms with Crippen molar-refractivity contribution in [2.75, 3.05) is 6.61 Å². The molecular formula is C26H38N2O. The summed E-state index contributed by atoms with van der Waals surface area (Å²) >= 11 is 0. The second kappa shape index (κ2) is 15.7. The average molecular weight is 395 g/mol. The molecule has 3 nitrogen and oxygen atoms in total. The van der Waals surface area contributed by atoms with Crippen LogP contribution in [0.2, 0.25) is 0 Å². The maximum absolute atomic E-state index is 5.84. The van der Waals surface area contributed by atoms with Gasteiger partial charge in [0.15, 0.2) is 0 Å². The van der Waals surface area contributed by atoms with Gasteiger partial charge in [0, 0.05) is 0 Å². The molecule has 0 aliphatic heterocycles. The zero-order chi connectivity index (χ0) is 20.4. The Morgan fingerprint density at radius 3 is 1.59 bits per heavy atom. The Kier molecular flexibility index (Phi) is 12.5. The summed E-state index contributed by atoms with van der Waals surface area (Å²) < 4.78 is 5.84. The van der Waals surface area contributed by atoms with E-state index in [-0.39, 0.29) is 0 Å². The Morgan fingerprint density at radius 2 is 1.03 bits per heavy atom. The van der Waals surface area contributed by atoms with Gasteiger partial charge in [-0.2, -0.15) is 10.2 Å². The predicted molar refractivity (Wildman–Crippen MR) is 124 cm³/mol. The van der Waals surface area contributed by atoms with E-state index in [0.717, 1.165) is 30.2 Å². The zero-order valence-electron chi connectivity index (χ0n) is 18.2. The molecular weight excluding hydrogens is 356 g/mol. The van der Waals surface area contributed by atoms with Crippen molar-refractivity contribution in [3.05, 3.63) is 54.6 Å². The minimum atomic E-state index is 0.794. The molecule has 0 atom stereocenters. The van der Waals surface area contributed by atoms with Gasteiger partial charge in [0.2, 0.25) is 0 Å². The summed E-state index contributed by atoms with van der Waals surface area (Å²) in [4.78, 5) is 0.